The first-order chi connectivity index (χ1) is 11.5. The standard InChI is InChI=1S/C17H18BrNO5/c1-22-13-9-11(10-14(23-2)16(13)24-3)6-7-15(20)19-8-4-5-12(18)17(19)21/h5-7,9-10H,4,8H2,1-3H3/b7-6+. The van der Waals surface area contributed by atoms with Gasteiger partial charge in [0, 0.05) is 12.6 Å². The van der Waals surface area contributed by atoms with Gasteiger partial charge in [0.1, 0.15) is 0 Å². The van der Waals surface area contributed by atoms with Crippen LogP contribution >= 0.6 is 15.9 Å². The third kappa shape index (κ3) is 3.79. The number of methoxy groups -OCH3 is 3. The first-order valence-corrected chi connectivity index (χ1v) is 8.00. The fourth-order valence-electron chi connectivity index (χ4n) is 2.30. The summed E-state index contributed by atoms with van der Waals surface area (Å²) in [5.41, 5.74) is 0.692. The fraction of sp³-hybridized carbons (Fsp3) is 0.294. The van der Waals surface area contributed by atoms with Gasteiger partial charge in [-0.2, -0.15) is 0 Å². The van der Waals surface area contributed by atoms with Crippen molar-refractivity contribution in [1.82, 2.24) is 4.90 Å². The molecule has 1 heterocycles. The molecule has 128 valence electrons. The first-order valence-electron chi connectivity index (χ1n) is 7.21. The van der Waals surface area contributed by atoms with Crippen molar-refractivity contribution in [2.24, 2.45) is 0 Å². The second-order valence-electron chi connectivity index (χ2n) is 4.93. The van der Waals surface area contributed by atoms with Gasteiger partial charge in [-0.05, 0) is 46.1 Å². The maximum atomic E-state index is 12.2. The summed E-state index contributed by atoms with van der Waals surface area (Å²) in [5, 5.41) is 0. The van der Waals surface area contributed by atoms with Gasteiger partial charge < -0.3 is 14.2 Å². The van der Waals surface area contributed by atoms with Crippen LogP contribution in [0.2, 0.25) is 0 Å². The number of nitrogens with zero attached hydrogens (tertiary/aromatic N) is 1. The first kappa shape index (κ1) is 18.1. The highest BCUT2D eigenvalue weighted by molar-refractivity contribution is 9.12. The van der Waals surface area contributed by atoms with Gasteiger partial charge in [0.05, 0.1) is 25.8 Å². The molecule has 1 aromatic rings. The molecule has 0 bridgehead atoms. The molecule has 0 N–H and O–H groups in total. The van der Waals surface area contributed by atoms with Crippen LogP contribution in [0.3, 0.4) is 0 Å². The molecule has 1 aliphatic heterocycles. The van der Waals surface area contributed by atoms with E-state index >= 15 is 0 Å². The molecule has 0 fully saturated rings. The van der Waals surface area contributed by atoms with Crippen LogP contribution in [0.15, 0.2) is 28.8 Å². The summed E-state index contributed by atoms with van der Waals surface area (Å²) in [4.78, 5) is 25.4. The Balaban J connectivity index is 2.24. The molecule has 2 rings (SSSR count). The van der Waals surface area contributed by atoms with Crippen LogP contribution in [0, 0.1) is 0 Å². The van der Waals surface area contributed by atoms with E-state index < -0.39 is 0 Å². The number of imide groups is 1. The van der Waals surface area contributed by atoms with E-state index in [9.17, 15) is 9.59 Å². The number of carbonyl (C=O) groups is 2. The molecule has 0 aromatic heterocycles. The predicted molar refractivity (Wildman–Crippen MR) is 93.5 cm³/mol. The summed E-state index contributed by atoms with van der Waals surface area (Å²) >= 11 is 3.16. The molecule has 0 spiro atoms. The van der Waals surface area contributed by atoms with Crippen LogP contribution in [-0.2, 0) is 9.59 Å². The Hall–Kier alpha value is -2.28. The Morgan fingerprint density at radius 3 is 2.33 bits per heavy atom. The molecule has 0 atom stereocenters. The lowest BCUT2D eigenvalue weighted by atomic mass is 10.1. The normalized spacial score (nSPS) is 14.6. The van der Waals surface area contributed by atoms with Gasteiger partial charge in [0.2, 0.25) is 5.75 Å². The summed E-state index contributed by atoms with van der Waals surface area (Å²) < 4.78 is 16.2. The van der Waals surface area contributed by atoms with Crippen LogP contribution in [0.4, 0.5) is 0 Å². The highest BCUT2D eigenvalue weighted by atomic mass is 79.9. The lowest BCUT2D eigenvalue weighted by Crippen LogP contribution is -2.38. The number of hydrogen-bond donors (Lipinski definition) is 0. The highest BCUT2D eigenvalue weighted by Crippen LogP contribution is 2.38. The van der Waals surface area contributed by atoms with Gasteiger partial charge in [-0.1, -0.05) is 6.08 Å². The van der Waals surface area contributed by atoms with Crippen LogP contribution in [0.25, 0.3) is 6.08 Å². The Morgan fingerprint density at radius 2 is 1.79 bits per heavy atom. The lowest BCUT2D eigenvalue weighted by molar-refractivity contribution is -0.139. The largest absolute Gasteiger partial charge is 0.493 e. The molecule has 2 amide bonds. The number of amides is 2. The molecule has 7 heteroatoms. The van der Waals surface area contributed by atoms with Crippen LogP contribution in [0.1, 0.15) is 12.0 Å². The monoisotopic (exact) mass is 395 g/mol. The van der Waals surface area contributed by atoms with Gasteiger partial charge in [-0.3, -0.25) is 14.5 Å². The van der Waals surface area contributed by atoms with Gasteiger partial charge >= 0.3 is 0 Å². The van der Waals surface area contributed by atoms with E-state index in [0.717, 1.165) is 0 Å². The van der Waals surface area contributed by atoms with E-state index in [1.54, 1.807) is 24.3 Å². The fourth-order valence-corrected chi connectivity index (χ4v) is 2.75. The maximum absolute atomic E-state index is 12.2. The molecule has 0 saturated heterocycles. The Morgan fingerprint density at radius 1 is 1.17 bits per heavy atom. The topological polar surface area (TPSA) is 65.1 Å². The average Bonchev–Trinajstić information content (AvgIpc) is 2.60. The van der Waals surface area contributed by atoms with Crippen LogP contribution in [0.5, 0.6) is 17.2 Å². The van der Waals surface area contributed by atoms with Crippen molar-refractivity contribution in [3.63, 3.8) is 0 Å². The van der Waals surface area contributed by atoms with E-state index in [0.29, 0.717) is 40.3 Å². The van der Waals surface area contributed by atoms with Gasteiger partial charge in [-0.25, -0.2) is 0 Å². The smallest absolute Gasteiger partial charge is 0.267 e. The molecule has 1 aliphatic rings. The SMILES string of the molecule is COc1cc(/C=C/C(=O)N2CCC=C(Br)C2=O)cc(OC)c1OC. The molecule has 0 unspecified atom stereocenters. The number of hydrogen-bond acceptors (Lipinski definition) is 5. The second kappa shape index (κ2) is 8.01. The summed E-state index contributed by atoms with van der Waals surface area (Å²) in [6.07, 6.45) is 5.35. The van der Waals surface area contributed by atoms with Crippen LogP contribution < -0.4 is 14.2 Å². The Bertz CT molecular complexity index is 686. The Labute approximate surface area is 148 Å². The van der Waals surface area contributed by atoms with Crippen molar-refractivity contribution in [2.75, 3.05) is 27.9 Å². The average molecular weight is 396 g/mol. The van der Waals surface area contributed by atoms with Crippen molar-refractivity contribution in [3.05, 3.63) is 34.3 Å². The molecule has 24 heavy (non-hydrogen) atoms. The minimum Gasteiger partial charge on any atom is -0.493 e. The van der Waals surface area contributed by atoms with Crippen molar-refractivity contribution in [3.8, 4) is 17.2 Å². The summed E-state index contributed by atoms with van der Waals surface area (Å²) in [6.45, 7) is 0.367. The van der Waals surface area contributed by atoms with E-state index in [1.807, 2.05) is 0 Å². The van der Waals surface area contributed by atoms with Crippen LogP contribution in [-0.4, -0.2) is 44.6 Å². The summed E-state index contributed by atoms with van der Waals surface area (Å²) in [6, 6.07) is 3.44. The minimum atomic E-state index is -0.376. The van der Waals surface area contributed by atoms with Crippen molar-refractivity contribution >= 4 is 33.8 Å². The predicted octanol–water partition coefficient (Wildman–Crippen LogP) is 2.76. The minimum absolute atomic E-state index is 0.333. The number of rotatable bonds is 5. The lowest BCUT2D eigenvalue weighted by Gasteiger charge is -2.21. The van der Waals surface area contributed by atoms with Crippen molar-refractivity contribution < 1.29 is 23.8 Å². The van der Waals surface area contributed by atoms with Crippen molar-refractivity contribution in [2.45, 2.75) is 6.42 Å². The number of halogens is 1. The molecule has 0 saturated carbocycles. The van der Waals surface area contributed by atoms with Gasteiger partial charge in [-0.15, -0.1) is 0 Å². The number of ether oxygens (including phenoxy) is 3. The molecule has 6 nitrogen and oxygen atoms in total. The zero-order valence-electron chi connectivity index (χ0n) is 13.7. The highest BCUT2D eigenvalue weighted by Gasteiger charge is 2.24. The van der Waals surface area contributed by atoms with Gasteiger partial charge in [0.25, 0.3) is 11.8 Å². The van der Waals surface area contributed by atoms with E-state index in [-0.39, 0.29) is 11.8 Å². The summed E-state index contributed by atoms with van der Waals surface area (Å²) in [7, 11) is 4.56. The van der Waals surface area contributed by atoms with E-state index in [4.69, 9.17) is 14.2 Å². The third-order valence-electron chi connectivity index (χ3n) is 3.50. The number of benzene rings is 1. The zero-order valence-corrected chi connectivity index (χ0v) is 15.3. The molecule has 0 radical (unpaired) electrons. The van der Waals surface area contributed by atoms with Gasteiger partial charge in [0.15, 0.2) is 11.5 Å². The molecule has 0 aliphatic carbocycles. The molecule has 1 aromatic carbocycles. The molecular formula is C17H18BrNO5. The van der Waals surface area contributed by atoms with E-state index in [1.165, 1.54) is 32.3 Å². The van der Waals surface area contributed by atoms with Crippen molar-refractivity contribution in [1.29, 1.82) is 0 Å². The summed E-state index contributed by atoms with van der Waals surface area (Å²) in [5.74, 6) is 0.746. The Kier molecular flexibility index (Phi) is 6.03. The number of carbonyl (C=O) groups excluding carboxylic acids is 2. The molecular weight excluding hydrogens is 378 g/mol. The third-order valence-corrected chi connectivity index (χ3v) is 4.16. The maximum Gasteiger partial charge on any atom is 0.267 e. The zero-order chi connectivity index (χ0) is 17.7. The quantitative estimate of drug-likeness (QED) is 0.717. The second-order valence-corrected chi connectivity index (χ2v) is 5.78. The van der Waals surface area contributed by atoms with E-state index in [2.05, 4.69) is 15.9 Å².